The third-order valence-electron chi connectivity index (χ3n) is 1.55. The lowest BCUT2D eigenvalue weighted by Crippen LogP contribution is -2.26. The normalized spacial score (nSPS) is 11.7. The van der Waals surface area contributed by atoms with E-state index in [2.05, 4.69) is 0 Å². The maximum atomic E-state index is 8.33. The average molecular weight is 212 g/mol. The summed E-state index contributed by atoms with van der Waals surface area (Å²) in [5, 5.41) is 16.6. The Morgan fingerprint density at radius 3 is 2.47 bits per heavy atom. The second-order valence-electron chi connectivity index (χ2n) is 2.73. The molecule has 1 unspecified atom stereocenters. The van der Waals surface area contributed by atoms with Gasteiger partial charge >= 0.3 is 0 Å². The van der Waals surface area contributed by atoms with Crippen LogP contribution in [0.1, 0.15) is 13.3 Å². The number of nitrogens with zero attached hydrogens (tertiary/aromatic N) is 2. The van der Waals surface area contributed by atoms with E-state index in [1.807, 2.05) is 19.1 Å². The molecule has 15 heavy (non-hydrogen) atoms. The Labute approximate surface area is 90.1 Å². The fourth-order valence-corrected chi connectivity index (χ4v) is 0.901. The molecule has 0 aliphatic rings. The highest BCUT2D eigenvalue weighted by Gasteiger charge is 2.09. The van der Waals surface area contributed by atoms with E-state index in [0.29, 0.717) is 32.8 Å². The summed E-state index contributed by atoms with van der Waals surface area (Å²) >= 11 is 0. The van der Waals surface area contributed by atoms with Gasteiger partial charge in [0.25, 0.3) is 0 Å². The third kappa shape index (κ3) is 9.17. The molecule has 0 radical (unpaired) electrons. The Morgan fingerprint density at radius 2 is 1.87 bits per heavy atom. The van der Waals surface area contributed by atoms with E-state index in [0.717, 1.165) is 0 Å². The van der Waals surface area contributed by atoms with Gasteiger partial charge in [0.05, 0.1) is 38.4 Å². The Kier molecular flexibility index (Phi) is 10.1. The van der Waals surface area contributed by atoms with Crippen LogP contribution in [-0.4, -0.2) is 39.1 Å². The van der Waals surface area contributed by atoms with Crippen LogP contribution in [0.5, 0.6) is 0 Å². The van der Waals surface area contributed by atoms with Crippen LogP contribution in [0.15, 0.2) is 0 Å². The number of hydrogen-bond acceptors (Lipinski definition) is 5. The molecule has 0 aromatic heterocycles. The predicted molar refractivity (Wildman–Crippen MR) is 52.9 cm³/mol. The summed E-state index contributed by atoms with van der Waals surface area (Å²) in [6.07, 6.45) is 0.146. The van der Waals surface area contributed by atoms with Crippen LogP contribution in [0.3, 0.4) is 0 Å². The Morgan fingerprint density at radius 1 is 1.13 bits per heavy atom. The van der Waals surface area contributed by atoms with E-state index >= 15 is 0 Å². The molecule has 0 heterocycles. The number of nitriles is 2. The summed E-state index contributed by atoms with van der Waals surface area (Å²) in [5.74, 6) is 0. The summed E-state index contributed by atoms with van der Waals surface area (Å²) in [6.45, 7) is 3.65. The van der Waals surface area contributed by atoms with Crippen LogP contribution in [0, 0.1) is 22.7 Å². The number of ether oxygens (including phenoxy) is 3. The second-order valence-corrected chi connectivity index (χ2v) is 2.73. The van der Waals surface area contributed by atoms with Gasteiger partial charge in [-0.1, -0.05) is 0 Å². The molecule has 0 aromatic carbocycles. The number of rotatable bonds is 9. The van der Waals surface area contributed by atoms with Crippen molar-refractivity contribution in [2.24, 2.45) is 0 Å². The van der Waals surface area contributed by atoms with Gasteiger partial charge in [0.1, 0.15) is 12.7 Å². The van der Waals surface area contributed by atoms with Crippen LogP contribution >= 0.6 is 0 Å². The maximum Gasteiger partial charge on any atom is 0.133 e. The van der Waals surface area contributed by atoms with Gasteiger partial charge in [0.2, 0.25) is 0 Å². The highest BCUT2D eigenvalue weighted by molar-refractivity contribution is 4.70. The average Bonchev–Trinajstić information content (AvgIpc) is 2.25. The van der Waals surface area contributed by atoms with E-state index < -0.39 is 0 Å². The molecule has 1 atom stereocenters. The molecule has 0 aliphatic heterocycles. The third-order valence-corrected chi connectivity index (χ3v) is 1.55. The molecule has 0 N–H and O–H groups in total. The fourth-order valence-electron chi connectivity index (χ4n) is 0.901. The Balaban J connectivity index is 3.64. The zero-order valence-electron chi connectivity index (χ0n) is 8.94. The lowest BCUT2D eigenvalue weighted by atomic mass is 10.4. The van der Waals surface area contributed by atoms with Crippen molar-refractivity contribution >= 4 is 0 Å². The van der Waals surface area contributed by atoms with E-state index in [9.17, 15) is 0 Å². The maximum absolute atomic E-state index is 8.33. The van der Waals surface area contributed by atoms with Crippen molar-refractivity contribution in [1.29, 1.82) is 10.5 Å². The molecule has 0 aliphatic carbocycles. The van der Waals surface area contributed by atoms with Gasteiger partial charge in [-0.2, -0.15) is 10.5 Å². The first-order valence-corrected chi connectivity index (χ1v) is 4.86. The second kappa shape index (κ2) is 10.9. The highest BCUT2D eigenvalue weighted by Crippen LogP contribution is 1.96. The molecule has 0 saturated carbocycles. The zero-order valence-corrected chi connectivity index (χ0v) is 8.94. The first kappa shape index (κ1) is 13.9. The molecule has 5 heteroatoms. The van der Waals surface area contributed by atoms with Crippen LogP contribution < -0.4 is 0 Å². The smallest absolute Gasteiger partial charge is 0.133 e. The predicted octanol–water partition coefficient (Wildman–Crippen LogP) is 0.862. The van der Waals surface area contributed by atoms with Crippen molar-refractivity contribution in [3.05, 3.63) is 0 Å². The molecular weight excluding hydrogens is 196 g/mol. The SMILES string of the molecule is CCOCC(COCC#N)OCCC#N. The van der Waals surface area contributed by atoms with Gasteiger partial charge in [-0.25, -0.2) is 0 Å². The van der Waals surface area contributed by atoms with Gasteiger partial charge < -0.3 is 14.2 Å². The monoisotopic (exact) mass is 212 g/mol. The molecule has 5 nitrogen and oxygen atoms in total. The van der Waals surface area contributed by atoms with Crippen LogP contribution in [0.2, 0.25) is 0 Å². The van der Waals surface area contributed by atoms with Gasteiger partial charge in [-0.3, -0.25) is 0 Å². The van der Waals surface area contributed by atoms with Gasteiger partial charge in [0.15, 0.2) is 0 Å². The van der Waals surface area contributed by atoms with Crippen LogP contribution in [0.4, 0.5) is 0 Å². The molecule has 0 aromatic rings. The minimum absolute atomic E-state index is 0.0459. The molecule has 0 fully saturated rings. The molecule has 0 rings (SSSR count). The van der Waals surface area contributed by atoms with Crippen molar-refractivity contribution in [2.75, 3.05) is 33.0 Å². The van der Waals surface area contributed by atoms with E-state index in [-0.39, 0.29) is 12.7 Å². The summed E-state index contributed by atoms with van der Waals surface area (Å²) in [5.41, 5.74) is 0. The van der Waals surface area contributed by atoms with Crippen LogP contribution in [-0.2, 0) is 14.2 Å². The van der Waals surface area contributed by atoms with E-state index in [1.54, 1.807) is 0 Å². The van der Waals surface area contributed by atoms with E-state index in [1.165, 1.54) is 0 Å². The summed E-state index contributed by atoms with van der Waals surface area (Å²) in [4.78, 5) is 0. The fraction of sp³-hybridized carbons (Fsp3) is 0.800. The van der Waals surface area contributed by atoms with Crippen molar-refractivity contribution in [3.63, 3.8) is 0 Å². The molecular formula is C10H16N2O3. The van der Waals surface area contributed by atoms with Gasteiger partial charge in [0, 0.05) is 6.61 Å². The quantitative estimate of drug-likeness (QED) is 0.530. The standard InChI is InChI=1S/C10H16N2O3/c1-2-13-8-10(9-14-7-5-12)15-6-3-4-11/h10H,2-3,6-9H2,1H3. The van der Waals surface area contributed by atoms with Crippen molar-refractivity contribution in [2.45, 2.75) is 19.4 Å². The zero-order chi connectivity index (χ0) is 11.4. The lowest BCUT2D eigenvalue weighted by molar-refractivity contribution is -0.0519. The van der Waals surface area contributed by atoms with E-state index in [4.69, 9.17) is 24.7 Å². The molecule has 84 valence electrons. The van der Waals surface area contributed by atoms with Crippen molar-refractivity contribution in [3.8, 4) is 12.1 Å². The number of hydrogen-bond donors (Lipinski definition) is 0. The topological polar surface area (TPSA) is 75.3 Å². The minimum Gasteiger partial charge on any atom is -0.379 e. The first-order valence-electron chi connectivity index (χ1n) is 4.86. The van der Waals surface area contributed by atoms with Gasteiger partial charge in [-0.05, 0) is 6.92 Å². The summed E-state index contributed by atoms with van der Waals surface area (Å²) in [6, 6.07) is 3.86. The molecule has 0 spiro atoms. The van der Waals surface area contributed by atoms with Crippen molar-refractivity contribution < 1.29 is 14.2 Å². The highest BCUT2D eigenvalue weighted by atomic mass is 16.6. The first-order chi connectivity index (χ1) is 7.35. The lowest BCUT2D eigenvalue weighted by Gasteiger charge is -2.16. The summed E-state index contributed by atoms with van der Waals surface area (Å²) in [7, 11) is 0. The Bertz CT molecular complexity index is 200. The summed E-state index contributed by atoms with van der Waals surface area (Å²) < 4.78 is 15.6. The molecule has 0 amide bonds. The van der Waals surface area contributed by atoms with Crippen LogP contribution in [0.25, 0.3) is 0 Å². The molecule has 0 bridgehead atoms. The van der Waals surface area contributed by atoms with Crippen molar-refractivity contribution in [1.82, 2.24) is 0 Å². The molecule has 0 saturated heterocycles. The minimum atomic E-state index is -0.202. The largest absolute Gasteiger partial charge is 0.379 e. The Hall–Kier alpha value is -1.14. The van der Waals surface area contributed by atoms with Gasteiger partial charge in [-0.15, -0.1) is 0 Å².